The second-order valence-corrected chi connectivity index (χ2v) is 8.97. The Morgan fingerprint density at radius 1 is 1.34 bits per heavy atom. The summed E-state index contributed by atoms with van der Waals surface area (Å²) in [5.41, 5.74) is 2.52. The minimum atomic E-state index is -0.381. The van der Waals surface area contributed by atoms with Gasteiger partial charge in [-0.3, -0.25) is 4.79 Å². The molecule has 1 unspecified atom stereocenters. The van der Waals surface area contributed by atoms with Crippen LogP contribution >= 0.6 is 22.9 Å². The van der Waals surface area contributed by atoms with E-state index in [1.54, 1.807) is 6.07 Å². The molecular formula is C22H26ClNO4S. The number of methoxy groups -OCH3 is 1. The van der Waals surface area contributed by atoms with Crippen LogP contribution in [0.5, 0.6) is 5.75 Å². The van der Waals surface area contributed by atoms with Gasteiger partial charge >= 0.3 is 5.97 Å². The molecule has 3 rings (SSSR count). The molecule has 156 valence electrons. The normalized spacial score (nSPS) is 15.5. The number of esters is 1. The van der Waals surface area contributed by atoms with Crippen LogP contribution in [0.3, 0.4) is 0 Å². The number of benzene rings is 1. The molecule has 7 heteroatoms. The first kappa shape index (κ1) is 21.7. The molecule has 1 heterocycles. The lowest BCUT2D eigenvalue weighted by atomic mass is 9.88. The summed E-state index contributed by atoms with van der Waals surface area (Å²) in [4.78, 5) is 25.9. The number of hydrogen-bond acceptors (Lipinski definition) is 5. The quantitative estimate of drug-likeness (QED) is 0.466. The van der Waals surface area contributed by atoms with Crippen molar-refractivity contribution in [3.05, 3.63) is 44.8 Å². The average molecular weight is 436 g/mol. The Balaban J connectivity index is 1.57. The van der Waals surface area contributed by atoms with Gasteiger partial charge in [0.25, 0.3) is 0 Å². The molecule has 29 heavy (non-hydrogen) atoms. The minimum Gasteiger partial charge on any atom is -0.494 e. The SMILES string of the molecule is COC(=O)c1c(NC(=O)CCCOc2ccc(Cl)c(C)c2)sc2c1CCC(C)C2. The zero-order valence-corrected chi connectivity index (χ0v) is 18.5. The Hall–Kier alpha value is -2.05. The zero-order valence-electron chi connectivity index (χ0n) is 17.0. The third-order valence-corrected chi connectivity index (χ3v) is 6.69. The zero-order chi connectivity index (χ0) is 21.0. The van der Waals surface area contributed by atoms with Crippen LogP contribution in [0.25, 0.3) is 0 Å². The lowest BCUT2D eigenvalue weighted by Gasteiger charge is -2.18. The second-order valence-electron chi connectivity index (χ2n) is 7.46. The van der Waals surface area contributed by atoms with Crippen molar-refractivity contribution in [1.29, 1.82) is 0 Å². The van der Waals surface area contributed by atoms with Gasteiger partial charge in [-0.1, -0.05) is 18.5 Å². The molecule has 0 bridgehead atoms. The molecule has 0 aliphatic heterocycles. The van der Waals surface area contributed by atoms with E-state index in [9.17, 15) is 9.59 Å². The van der Waals surface area contributed by atoms with Crippen molar-refractivity contribution in [2.24, 2.45) is 5.92 Å². The van der Waals surface area contributed by atoms with E-state index >= 15 is 0 Å². The van der Waals surface area contributed by atoms with E-state index in [2.05, 4.69) is 12.2 Å². The molecule has 1 aromatic heterocycles. The van der Waals surface area contributed by atoms with Gasteiger partial charge in [0.05, 0.1) is 19.3 Å². The van der Waals surface area contributed by atoms with Crippen LogP contribution in [0.1, 0.15) is 52.5 Å². The first-order valence-corrected chi connectivity index (χ1v) is 11.0. The molecular weight excluding hydrogens is 410 g/mol. The van der Waals surface area contributed by atoms with E-state index in [4.69, 9.17) is 21.1 Å². The van der Waals surface area contributed by atoms with E-state index in [0.29, 0.717) is 41.0 Å². The molecule has 0 saturated heterocycles. The number of rotatable bonds is 7. The molecule has 0 fully saturated rings. The van der Waals surface area contributed by atoms with Crippen LogP contribution in [0, 0.1) is 12.8 Å². The van der Waals surface area contributed by atoms with Crippen LogP contribution in [0.4, 0.5) is 5.00 Å². The van der Waals surface area contributed by atoms with Crippen LogP contribution < -0.4 is 10.1 Å². The fourth-order valence-electron chi connectivity index (χ4n) is 3.48. The van der Waals surface area contributed by atoms with Gasteiger partial charge in [-0.2, -0.15) is 0 Å². The highest BCUT2D eigenvalue weighted by Gasteiger charge is 2.28. The van der Waals surface area contributed by atoms with Crippen LogP contribution in [0.15, 0.2) is 18.2 Å². The van der Waals surface area contributed by atoms with E-state index in [-0.39, 0.29) is 11.9 Å². The van der Waals surface area contributed by atoms with Gasteiger partial charge in [0, 0.05) is 16.3 Å². The van der Waals surface area contributed by atoms with Crippen molar-refractivity contribution in [3.8, 4) is 5.75 Å². The standard InChI is InChI=1S/C22H26ClNO4S/c1-13-6-8-16-18(11-13)29-21(20(16)22(26)27-3)24-19(25)5-4-10-28-15-7-9-17(23)14(2)12-15/h7,9,12-13H,4-6,8,10-11H2,1-3H3,(H,24,25). The van der Waals surface area contributed by atoms with Gasteiger partial charge in [-0.05, 0) is 67.9 Å². The highest BCUT2D eigenvalue weighted by molar-refractivity contribution is 7.17. The molecule has 1 aliphatic carbocycles. The second kappa shape index (κ2) is 9.63. The fourth-order valence-corrected chi connectivity index (χ4v) is 5.01. The summed E-state index contributed by atoms with van der Waals surface area (Å²) in [6.07, 6.45) is 3.72. The van der Waals surface area contributed by atoms with Crippen molar-refractivity contribution >= 4 is 39.8 Å². The average Bonchev–Trinajstić information content (AvgIpc) is 3.04. The Bertz CT molecular complexity index is 908. The topological polar surface area (TPSA) is 64.6 Å². The summed E-state index contributed by atoms with van der Waals surface area (Å²) >= 11 is 7.51. The Labute approximate surface area is 180 Å². The lowest BCUT2D eigenvalue weighted by Crippen LogP contribution is -2.16. The van der Waals surface area contributed by atoms with Gasteiger partial charge < -0.3 is 14.8 Å². The smallest absolute Gasteiger partial charge is 0.341 e. The first-order chi connectivity index (χ1) is 13.9. The van der Waals surface area contributed by atoms with Gasteiger partial charge in [0.2, 0.25) is 5.91 Å². The predicted molar refractivity (Wildman–Crippen MR) is 116 cm³/mol. The molecule has 1 aliphatic rings. The fraction of sp³-hybridized carbons (Fsp3) is 0.455. The number of carbonyl (C=O) groups is 2. The maximum Gasteiger partial charge on any atom is 0.341 e. The molecule has 0 radical (unpaired) electrons. The van der Waals surface area contributed by atoms with E-state index in [1.807, 2.05) is 19.1 Å². The molecule has 1 atom stereocenters. The van der Waals surface area contributed by atoms with E-state index in [1.165, 1.54) is 23.3 Å². The largest absolute Gasteiger partial charge is 0.494 e. The summed E-state index contributed by atoms with van der Waals surface area (Å²) in [6.45, 7) is 4.56. The number of amides is 1. The van der Waals surface area contributed by atoms with Crippen molar-refractivity contribution in [2.75, 3.05) is 19.0 Å². The number of ether oxygens (including phenoxy) is 2. The maximum atomic E-state index is 12.4. The number of fused-ring (bicyclic) bond motifs is 1. The number of nitrogens with one attached hydrogen (secondary N) is 1. The molecule has 1 N–H and O–H groups in total. The molecule has 2 aromatic rings. The van der Waals surface area contributed by atoms with E-state index < -0.39 is 0 Å². The number of anilines is 1. The summed E-state index contributed by atoms with van der Waals surface area (Å²) in [7, 11) is 1.37. The van der Waals surface area contributed by atoms with Crippen LogP contribution in [-0.2, 0) is 22.4 Å². The Kier molecular flexibility index (Phi) is 7.19. The molecule has 1 aromatic carbocycles. The highest BCUT2D eigenvalue weighted by Crippen LogP contribution is 2.40. The Morgan fingerprint density at radius 3 is 2.86 bits per heavy atom. The number of aryl methyl sites for hydroxylation is 1. The number of hydrogen-bond donors (Lipinski definition) is 1. The predicted octanol–water partition coefficient (Wildman–Crippen LogP) is 5.42. The van der Waals surface area contributed by atoms with E-state index in [0.717, 1.165) is 36.1 Å². The van der Waals surface area contributed by atoms with Crippen LogP contribution in [0.2, 0.25) is 5.02 Å². The third kappa shape index (κ3) is 5.31. The monoisotopic (exact) mass is 435 g/mol. The summed E-state index contributed by atoms with van der Waals surface area (Å²) < 4.78 is 10.7. The highest BCUT2D eigenvalue weighted by atomic mass is 35.5. The van der Waals surface area contributed by atoms with Gasteiger partial charge in [-0.25, -0.2) is 4.79 Å². The van der Waals surface area contributed by atoms with Gasteiger partial charge in [-0.15, -0.1) is 11.3 Å². The lowest BCUT2D eigenvalue weighted by molar-refractivity contribution is -0.116. The van der Waals surface area contributed by atoms with Crippen molar-refractivity contribution in [1.82, 2.24) is 0 Å². The maximum absolute atomic E-state index is 12.4. The Morgan fingerprint density at radius 2 is 2.14 bits per heavy atom. The van der Waals surface area contributed by atoms with Gasteiger partial charge in [0.1, 0.15) is 10.8 Å². The summed E-state index contributed by atoms with van der Waals surface area (Å²) in [5.74, 6) is 0.815. The third-order valence-electron chi connectivity index (χ3n) is 5.10. The molecule has 0 saturated carbocycles. The first-order valence-electron chi connectivity index (χ1n) is 9.80. The molecule has 0 spiro atoms. The summed E-state index contributed by atoms with van der Waals surface area (Å²) in [6, 6.07) is 5.49. The molecule has 1 amide bonds. The number of carbonyl (C=O) groups excluding carboxylic acids is 2. The molecule has 5 nitrogen and oxygen atoms in total. The number of halogens is 1. The minimum absolute atomic E-state index is 0.127. The van der Waals surface area contributed by atoms with Crippen LogP contribution in [-0.4, -0.2) is 25.6 Å². The van der Waals surface area contributed by atoms with Crippen molar-refractivity contribution in [3.63, 3.8) is 0 Å². The summed E-state index contributed by atoms with van der Waals surface area (Å²) in [5, 5.41) is 4.23. The van der Waals surface area contributed by atoms with Crippen molar-refractivity contribution in [2.45, 2.75) is 46.0 Å². The van der Waals surface area contributed by atoms with Gasteiger partial charge in [0.15, 0.2) is 0 Å². The number of thiophene rings is 1. The van der Waals surface area contributed by atoms with Crippen molar-refractivity contribution < 1.29 is 19.1 Å².